The molecule has 0 spiro atoms. The van der Waals surface area contributed by atoms with Crippen LogP contribution in [-0.2, 0) is 0 Å². The summed E-state index contributed by atoms with van der Waals surface area (Å²) in [6, 6.07) is 18.3. The maximum atomic E-state index is 9.37. The quantitative estimate of drug-likeness (QED) is 0.880. The van der Waals surface area contributed by atoms with Gasteiger partial charge in [-0.15, -0.1) is 0 Å². The smallest absolute Gasteiger partial charge is 0.115 e. The van der Waals surface area contributed by atoms with Gasteiger partial charge in [-0.2, -0.15) is 0 Å². The minimum Gasteiger partial charge on any atom is -0.508 e. The Balaban J connectivity index is 1.76. The van der Waals surface area contributed by atoms with Crippen molar-refractivity contribution in [2.24, 2.45) is 0 Å². The van der Waals surface area contributed by atoms with E-state index in [9.17, 15) is 5.11 Å². The molecule has 1 unspecified atom stereocenters. The highest BCUT2D eigenvalue weighted by molar-refractivity contribution is 5.49. The molecule has 1 aliphatic heterocycles. The van der Waals surface area contributed by atoms with Gasteiger partial charge in [0.25, 0.3) is 0 Å². The summed E-state index contributed by atoms with van der Waals surface area (Å²) in [5, 5.41) is 9.37. The number of hydrogen-bond acceptors (Lipinski definition) is 2. The lowest BCUT2D eigenvalue weighted by Gasteiger charge is -2.34. The van der Waals surface area contributed by atoms with Crippen LogP contribution in [0.15, 0.2) is 54.6 Å². The molecule has 1 heterocycles. The van der Waals surface area contributed by atoms with Gasteiger partial charge in [-0.1, -0.05) is 30.3 Å². The predicted octanol–water partition coefficient (Wildman–Crippen LogP) is 3.78. The molecular formula is C17H19NO. The van der Waals surface area contributed by atoms with Gasteiger partial charge in [-0.05, 0) is 42.7 Å². The van der Waals surface area contributed by atoms with Crippen LogP contribution in [0.3, 0.4) is 0 Å². The van der Waals surface area contributed by atoms with Crippen LogP contribution in [0.5, 0.6) is 5.75 Å². The first-order valence-electron chi connectivity index (χ1n) is 6.92. The van der Waals surface area contributed by atoms with Crippen molar-refractivity contribution in [3.8, 4) is 5.75 Å². The number of phenolic OH excluding ortho intramolecular Hbond substituents is 1. The molecule has 2 nitrogen and oxygen atoms in total. The first-order chi connectivity index (χ1) is 9.33. The molecule has 1 fully saturated rings. The maximum Gasteiger partial charge on any atom is 0.115 e. The average molecular weight is 253 g/mol. The number of aromatic hydroxyl groups is 1. The number of hydrogen-bond donors (Lipinski definition) is 1. The van der Waals surface area contributed by atoms with Crippen molar-refractivity contribution < 1.29 is 5.11 Å². The molecule has 1 saturated heterocycles. The Morgan fingerprint density at radius 1 is 0.947 bits per heavy atom. The van der Waals surface area contributed by atoms with Gasteiger partial charge in [0.1, 0.15) is 5.75 Å². The molecule has 1 N–H and O–H groups in total. The predicted molar refractivity (Wildman–Crippen MR) is 78.7 cm³/mol. The summed E-state index contributed by atoms with van der Waals surface area (Å²) in [6.07, 6.45) is 2.49. The molecule has 2 heteroatoms. The van der Waals surface area contributed by atoms with Gasteiger partial charge in [0.2, 0.25) is 0 Å². The summed E-state index contributed by atoms with van der Waals surface area (Å²) in [5.74, 6) is 0.948. The van der Waals surface area contributed by atoms with E-state index in [0.717, 1.165) is 13.1 Å². The van der Waals surface area contributed by atoms with Crippen molar-refractivity contribution in [1.29, 1.82) is 0 Å². The highest BCUT2D eigenvalue weighted by atomic mass is 16.3. The van der Waals surface area contributed by atoms with Crippen molar-refractivity contribution in [2.45, 2.75) is 18.8 Å². The topological polar surface area (TPSA) is 23.5 Å². The van der Waals surface area contributed by atoms with Crippen LogP contribution in [0.25, 0.3) is 0 Å². The molecule has 1 aliphatic rings. The normalized spacial score (nSPS) is 19.4. The van der Waals surface area contributed by atoms with Crippen molar-refractivity contribution in [1.82, 2.24) is 0 Å². The number of benzene rings is 2. The zero-order valence-electron chi connectivity index (χ0n) is 11.0. The van der Waals surface area contributed by atoms with Crippen LogP contribution in [-0.4, -0.2) is 18.2 Å². The molecule has 0 aliphatic carbocycles. The molecule has 0 bridgehead atoms. The van der Waals surface area contributed by atoms with Gasteiger partial charge in [0.05, 0.1) is 0 Å². The van der Waals surface area contributed by atoms with E-state index in [-0.39, 0.29) is 0 Å². The number of anilines is 1. The number of phenols is 1. The van der Waals surface area contributed by atoms with Gasteiger partial charge in [0, 0.05) is 24.7 Å². The van der Waals surface area contributed by atoms with Crippen LogP contribution >= 0.6 is 0 Å². The third kappa shape index (κ3) is 2.73. The molecule has 0 aromatic heterocycles. The van der Waals surface area contributed by atoms with Crippen molar-refractivity contribution in [3.63, 3.8) is 0 Å². The summed E-state index contributed by atoms with van der Waals surface area (Å²) in [4.78, 5) is 2.42. The van der Waals surface area contributed by atoms with E-state index in [1.165, 1.54) is 24.1 Å². The fourth-order valence-corrected chi connectivity index (χ4v) is 2.87. The van der Waals surface area contributed by atoms with E-state index < -0.39 is 0 Å². The first-order valence-corrected chi connectivity index (χ1v) is 6.92. The lowest BCUT2D eigenvalue weighted by atomic mass is 9.90. The molecule has 2 aromatic rings. The van der Waals surface area contributed by atoms with Crippen LogP contribution in [0.4, 0.5) is 5.69 Å². The third-order valence-corrected chi connectivity index (χ3v) is 3.91. The van der Waals surface area contributed by atoms with Crippen molar-refractivity contribution in [2.75, 3.05) is 18.0 Å². The van der Waals surface area contributed by atoms with Gasteiger partial charge >= 0.3 is 0 Å². The fraction of sp³-hybridized carbons (Fsp3) is 0.294. The van der Waals surface area contributed by atoms with E-state index in [4.69, 9.17) is 0 Å². The first kappa shape index (κ1) is 12.1. The molecular weight excluding hydrogens is 234 g/mol. The lowest BCUT2D eigenvalue weighted by molar-refractivity contribution is 0.474. The Hall–Kier alpha value is -1.96. The van der Waals surface area contributed by atoms with Gasteiger partial charge in [-0.25, -0.2) is 0 Å². The third-order valence-electron chi connectivity index (χ3n) is 3.91. The van der Waals surface area contributed by atoms with E-state index in [1.54, 1.807) is 12.1 Å². The minimum absolute atomic E-state index is 0.334. The number of nitrogens with zero attached hydrogens (tertiary/aromatic N) is 1. The molecule has 3 rings (SSSR count). The van der Waals surface area contributed by atoms with Gasteiger partial charge < -0.3 is 10.0 Å². The Morgan fingerprint density at radius 2 is 1.68 bits per heavy atom. The molecule has 0 amide bonds. The zero-order chi connectivity index (χ0) is 13.1. The molecule has 0 radical (unpaired) electrons. The van der Waals surface area contributed by atoms with Gasteiger partial charge in [-0.3, -0.25) is 0 Å². The monoisotopic (exact) mass is 253 g/mol. The van der Waals surface area contributed by atoms with Crippen LogP contribution in [0.1, 0.15) is 24.3 Å². The average Bonchev–Trinajstić information content (AvgIpc) is 2.49. The number of rotatable bonds is 2. The second-order valence-electron chi connectivity index (χ2n) is 5.21. The summed E-state index contributed by atoms with van der Waals surface area (Å²) in [7, 11) is 0. The summed E-state index contributed by atoms with van der Waals surface area (Å²) in [5.41, 5.74) is 2.64. The molecule has 0 saturated carbocycles. The zero-order valence-corrected chi connectivity index (χ0v) is 11.0. The van der Waals surface area contributed by atoms with E-state index in [1.807, 2.05) is 12.1 Å². The Morgan fingerprint density at radius 3 is 2.42 bits per heavy atom. The van der Waals surface area contributed by atoms with Crippen LogP contribution < -0.4 is 4.90 Å². The number of piperidine rings is 1. The fourth-order valence-electron chi connectivity index (χ4n) is 2.87. The molecule has 2 aromatic carbocycles. The largest absolute Gasteiger partial charge is 0.508 e. The molecule has 19 heavy (non-hydrogen) atoms. The summed E-state index contributed by atoms with van der Waals surface area (Å²) in [6.45, 7) is 2.17. The van der Waals surface area contributed by atoms with Crippen LogP contribution in [0, 0.1) is 0 Å². The van der Waals surface area contributed by atoms with Crippen molar-refractivity contribution >= 4 is 5.69 Å². The highest BCUT2D eigenvalue weighted by Crippen LogP contribution is 2.30. The Labute approximate surface area is 114 Å². The maximum absolute atomic E-state index is 9.37. The van der Waals surface area contributed by atoms with E-state index >= 15 is 0 Å². The lowest BCUT2D eigenvalue weighted by Crippen LogP contribution is -2.34. The minimum atomic E-state index is 0.334. The van der Waals surface area contributed by atoms with Gasteiger partial charge in [0.15, 0.2) is 0 Å². The molecule has 98 valence electrons. The second kappa shape index (κ2) is 5.35. The van der Waals surface area contributed by atoms with Crippen molar-refractivity contribution in [3.05, 3.63) is 60.2 Å². The second-order valence-corrected chi connectivity index (χ2v) is 5.21. The van der Waals surface area contributed by atoms with Crippen LogP contribution in [0.2, 0.25) is 0 Å². The Kier molecular flexibility index (Phi) is 3.41. The standard InChI is InChI=1S/C17H19NO/c19-17-10-8-16(9-11-17)18-12-4-7-15(13-18)14-5-2-1-3-6-14/h1-3,5-6,8-11,15,19H,4,7,12-13H2. The summed E-state index contributed by atoms with van der Waals surface area (Å²) >= 11 is 0. The Bertz CT molecular complexity index is 521. The van der Waals surface area contributed by atoms with E-state index in [2.05, 4.69) is 35.2 Å². The molecule has 1 atom stereocenters. The highest BCUT2D eigenvalue weighted by Gasteiger charge is 2.21. The van der Waals surface area contributed by atoms with E-state index in [0.29, 0.717) is 11.7 Å². The summed E-state index contributed by atoms with van der Waals surface area (Å²) < 4.78 is 0. The SMILES string of the molecule is Oc1ccc(N2CCCC(c3ccccc3)C2)cc1.